The van der Waals surface area contributed by atoms with Gasteiger partial charge in [-0.1, -0.05) is 33.3 Å². The molecule has 0 bridgehead atoms. The number of nitrogens with zero attached hydrogens (tertiary/aromatic N) is 2. The second kappa shape index (κ2) is 10.0. The van der Waals surface area contributed by atoms with E-state index in [1.807, 2.05) is 25.1 Å². The zero-order valence-electron chi connectivity index (χ0n) is 17.5. The monoisotopic (exact) mass is 413 g/mol. The van der Waals surface area contributed by atoms with Crippen LogP contribution in [-0.4, -0.2) is 33.2 Å². The van der Waals surface area contributed by atoms with E-state index in [-0.39, 0.29) is 18.6 Å². The first-order valence-corrected chi connectivity index (χ1v) is 11.4. The van der Waals surface area contributed by atoms with E-state index in [2.05, 4.69) is 41.2 Å². The summed E-state index contributed by atoms with van der Waals surface area (Å²) in [5.41, 5.74) is 2.52. The minimum atomic E-state index is -0.209. The third-order valence-electron chi connectivity index (χ3n) is 5.44. The van der Waals surface area contributed by atoms with Crippen molar-refractivity contribution in [2.45, 2.75) is 65.0 Å². The van der Waals surface area contributed by atoms with E-state index in [1.54, 1.807) is 11.3 Å². The molecule has 1 atom stereocenters. The number of hydrogen-bond donors (Lipinski definition) is 2. The Morgan fingerprint density at radius 3 is 2.66 bits per heavy atom. The molecular weight excluding hydrogens is 382 g/mol. The second-order valence-corrected chi connectivity index (χ2v) is 8.50. The van der Waals surface area contributed by atoms with Crippen LogP contribution in [0.3, 0.4) is 0 Å². The number of carbonyl (C=O) groups is 1. The number of imidazole rings is 1. The Hall–Kier alpha value is -2.18. The number of thiophene rings is 1. The maximum atomic E-state index is 12.7. The molecule has 5 nitrogen and oxygen atoms in total. The summed E-state index contributed by atoms with van der Waals surface area (Å²) in [5, 5.41) is 14.5. The fourth-order valence-electron chi connectivity index (χ4n) is 3.87. The summed E-state index contributed by atoms with van der Waals surface area (Å²) in [6.45, 7) is 6.41. The van der Waals surface area contributed by atoms with E-state index in [4.69, 9.17) is 4.98 Å². The Labute approximate surface area is 176 Å². The first-order chi connectivity index (χ1) is 14.1. The number of aromatic nitrogens is 2. The van der Waals surface area contributed by atoms with Gasteiger partial charge < -0.3 is 15.0 Å². The molecule has 0 saturated carbocycles. The summed E-state index contributed by atoms with van der Waals surface area (Å²) in [7, 11) is 0. The molecule has 156 valence electrons. The predicted octanol–water partition coefficient (Wildman–Crippen LogP) is 4.94. The van der Waals surface area contributed by atoms with Crippen LogP contribution in [0.15, 0.2) is 35.7 Å². The van der Waals surface area contributed by atoms with Crippen molar-refractivity contribution in [3.05, 3.63) is 52.0 Å². The lowest BCUT2D eigenvalue weighted by molar-refractivity contribution is 0.0913. The lowest BCUT2D eigenvalue weighted by Crippen LogP contribution is -2.37. The van der Waals surface area contributed by atoms with Gasteiger partial charge in [-0.2, -0.15) is 0 Å². The van der Waals surface area contributed by atoms with Crippen LogP contribution in [0.2, 0.25) is 0 Å². The van der Waals surface area contributed by atoms with Gasteiger partial charge in [-0.25, -0.2) is 4.98 Å². The largest absolute Gasteiger partial charge is 0.394 e. The van der Waals surface area contributed by atoms with Crippen LogP contribution < -0.4 is 5.32 Å². The van der Waals surface area contributed by atoms with Gasteiger partial charge in [-0.15, -0.1) is 11.3 Å². The van der Waals surface area contributed by atoms with E-state index >= 15 is 0 Å². The van der Waals surface area contributed by atoms with E-state index in [0.717, 1.165) is 49.0 Å². The third-order valence-corrected chi connectivity index (χ3v) is 6.31. The molecule has 1 unspecified atom stereocenters. The second-order valence-electron chi connectivity index (χ2n) is 7.47. The van der Waals surface area contributed by atoms with Crippen LogP contribution in [0.4, 0.5) is 0 Å². The molecule has 0 fully saturated rings. The highest BCUT2D eigenvalue weighted by Crippen LogP contribution is 2.28. The quantitative estimate of drug-likeness (QED) is 0.495. The summed E-state index contributed by atoms with van der Waals surface area (Å²) in [6, 6.07) is 10.2. The smallest absolute Gasteiger partial charge is 0.251 e. The van der Waals surface area contributed by atoms with E-state index in [0.29, 0.717) is 11.6 Å². The Balaban J connectivity index is 1.96. The highest BCUT2D eigenvalue weighted by molar-refractivity contribution is 7.09. The molecule has 6 heteroatoms. The molecule has 0 aliphatic heterocycles. The average molecular weight is 414 g/mol. The first-order valence-electron chi connectivity index (χ1n) is 10.6. The van der Waals surface area contributed by atoms with E-state index in [1.165, 1.54) is 4.88 Å². The van der Waals surface area contributed by atoms with Gasteiger partial charge in [0, 0.05) is 22.9 Å². The molecule has 0 saturated heterocycles. The van der Waals surface area contributed by atoms with Gasteiger partial charge in [0.05, 0.1) is 23.7 Å². The molecule has 0 radical (unpaired) electrons. The fraction of sp³-hybridized carbons (Fsp3) is 0.478. The molecule has 1 amide bonds. The van der Waals surface area contributed by atoms with Crippen LogP contribution >= 0.6 is 11.3 Å². The van der Waals surface area contributed by atoms with Crippen molar-refractivity contribution in [3.63, 3.8) is 0 Å². The third kappa shape index (κ3) is 4.87. The highest BCUT2D eigenvalue weighted by atomic mass is 32.1. The van der Waals surface area contributed by atoms with Crippen molar-refractivity contribution < 1.29 is 9.90 Å². The standard InChI is InChI=1S/C23H31N3O2S/c1-4-8-17(15-27)24-23(28)16-10-11-21-20(13-16)25-22(14-19-9-7-12-29-19)26(21)18(5-2)6-3/h7,9-13,17-18,27H,4-6,8,14-15H2,1-3H3,(H,24,28). The molecule has 0 aliphatic rings. The number of fused-ring (bicyclic) bond motifs is 1. The van der Waals surface area contributed by atoms with Crippen molar-refractivity contribution in [1.82, 2.24) is 14.9 Å². The number of amides is 1. The molecule has 0 aliphatic carbocycles. The molecule has 3 rings (SSSR count). The van der Waals surface area contributed by atoms with Crippen LogP contribution in [0.1, 0.15) is 73.6 Å². The highest BCUT2D eigenvalue weighted by Gasteiger charge is 2.19. The van der Waals surface area contributed by atoms with Crippen LogP contribution in [0.25, 0.3) is 11.0 Å². The summed E-state index contributed by atoms with van der Waals surface area (Å²) in [4.78, 5) is 18.9. The maximum absolute atomic E-state index is 12.7. The normalized spacial score (nSPS) is 12.6. The van der Waals surface area contributed by atoms with Gasteiger partial charge in [0.25, 0.3) is 5.91 Å². The summed E-state index contributed by atoms with van der Waals surface area (Å²) in [6.07, 6.45) is 4.55. The number of rotatable bonds is 10. The van der Waals surface area contributed by atoms with Gasteiger partial charge in [-0.05, 0) is 48.9 Å². The Bertz CT molecular complexity index is 929. The van der Waals surface area contributed by atoms with Crippen molar-refractivity contribution >= 4 is 28.3 Å². The zero-order valence-corrected chi connectivity index (χ0v) is 18.3. The minimum Gasteiger partial charge on any atom is -0.394 e. The molecule has 2 N–H and O–H groups in total. The van der Waals surface area contributed by atoms with Gasteiger partial charge in [-0.3, -0.25) is 4.79 Å². The SMILES string of the molecule is CCCC(CO)NC(=O)c1ccc2c(c1)nc(Cc1cccs1)n2C(CC)CC. The van der Waals surface area contributed by atoms with E-state index in [9.17, 15) is 9.90 Å². The molecule has 29 heavy (non-hydrogen) atoms. The molecule has 3 aromatic rings. The molecule has 2 heterocycles. The van der Waals surface area contributed by atoms with Crippen LogP contribution in [-0.2, 0) is 6.42 Å². The van der Waals surface area contributed by atoms with Crippen molar-refractivity contribution in [1.29, 1.82) is 0 Å². The van der Waals surface area contributed by atoms with Gasteiger partial charge >= 0.3 is 0 Å². The fourth-order valence-corrected chi connectivity index (χ4v) is 4.57. The number of carbonyl (C=O) groups excluding carboxylic acids is 1. The molecule has 2 aromatic heterocycles. The average Bonchev–Trinajstić information content (AvgIpc) is 3.36. The summed E-state index contributed by atoms with van der Waals surface area (Å²) >= 11 is 1.74. The van der Waals surface area contributed by atoms with Crippen LogP contribution in [0, 0.1) is 0 Å². The van der Waals surface area contributed by atoms with Crippen molar-refractivity contribution in [2.75, 3.05) is 6.61 Å². The minimum absolute atomic E-state index is 0.0455. The van der Waals surface area contributed by atoms with Gasteiger partial charge in [0.15, 0.2) is 0 Å². The lowest BCUT2D eigenvalue weighted by atomic mass is 10.1. The van der Waals surface area contributed by atoms with Gasteiger partial charge in [0.2, 0.25) is 0 Å². The number of aliphatic hydroxyl groups is 1. The molecule has 0 spiro atoms. The maximum Gasteiger partial charge on any atom is 0.251 e. The van der Waals surface area contributed by atoms with E-state index < -0.39 is 0 Å². The number of aliphatic hydroxyl groups excluding tert-OH is 1. The topological polar surface area (TPSA) is 67.2 Å². The zero-order chi connectivity index (χ0) is 20.8. The Morgan fingerprint density at radius 2 is 2.03 bits per heavy atom. The van der Waals surface area contributed by atoms with Crippen LogP contribution in [0.5, 0.6) is 0 Å². The summed E-state index contributed by atoms with van der Waals surface area (Å²) < 4.78 is 2.35. The lowest BCUT2D eigenvalue weighted by Gasteiger charge is -2.19. The Kier molecular flexibility index (Phi) is 7.45. The number of hydrogen-bond acceptors (Lipinski definition) is 4. The van der Waals surface area contributed by atoms with Gasteiger partial charge in [0.1, 0.15) is 5.82 Å². The predicted molar refractivity (Wildman–Crippen MR) is 120 cm³/mol. The molecular formula is C23H31N3O2S. The number of nitrogens with one attached hydrogen (secondary N) is 1. The number of benzene rings is 1. The van der Waals surface area contributed by atoms with Crippen molar-refractivity contribution in [2.24, 2.45) is 0 Å². The summed E-state index contributed by atoms with van der Waals surface area (Å²) in [5.74, 6) is 0.893. The Morgan fingerprint density at radius 1 is 1.24 bits per heavy atom. The van der Waals surface area contributed by atoms with Crippen molar-refractivity contribution in [3.8, 4) is 0 Å². The molecule has 1 aromatic carbocycles. The first kappa shape index (κ1) is 21.5.